The Labute approximate surface area is 860 Å². The van der Waals surface area contributed by atoms with Crippen LogP contribution in [-0.2, 0) is 0 Å². The third-order valence-corrected chi connectivity index (χ3v) is 29.2. The van der Waals surface area contributed by atoms with E-state index < -0.39 is 0 Å². The molecule has 28 rings (SSSR count). The Morgan fingerprint density at radius 3 is 0.673 bits per heavy atom. The van der Waals surface area contributed by atoms with E-state index in [1.54, 1.807) is 52.8 Å². The molecule has 27 aromatic rings. The van der Waals surface area contributed by atoms with E-state index in [1.165, 1.54) is 59.7 Å². The van der Waals surface area contributed by atoms with Gasteiger partial charge in [-0.3, -0.25) is 0 Å². The number of benzene rings is 7. The fourth-order valence-electron chi connectivity index (χ4n) is 19.9. The van der Waals surface area contributed by atoms with E-state index in [2.05, 4.69) is 495 Å². The zero-order valence-corrected chi connectivity index (χ0v) is 81.9. The van der Waals surface area contributed by atoms with Gasteiger partial charge in [-0.1, -0.05) is 127 Å². The topological polar surface area (TPSA) is 130 Å². The number of aromatic nitrogens is 14. The number of aromatic amines is 2. The molecule has 17 nitrogen and oxygen atoms in total. The highest BCUT2D eigenvalue weighted by molar-refractivity contribution is 7.14. The van der Waals surface area contributed by atoms with E-state index in [0.717, 1.165) is 149 Å². The number of nitrogens with one attached hydrogen (secondary N) is 2. The molecule has 1 aliphatic carbocycles. The Morgan fingerprint density at radius 1 is 0.197 bits per heavy atom. The first-order valence-electron chi connectivity index (χ1n) is 48.7. The number of allylic oxidation sites excluding steroid dienone is 4. The van der Waals surface area contributed by atoms with Crippen LogP contribution in [-0.4, -0.2) is 64.8 Å². The lowest BCUT2D eigenvalue weighted by molar-refractivity contribution is 0.578. The molecule has 20 heteroatoms. The Hall–Kier alpha value is -19.1. The van der Waals surface area contributed by atoms with Gasteiger partial charge < -0.3 is 78.0 Å². The highest BCUT2D eigenvalue weighted by Gasteiger charge is 2.24. The van der Waals surface area contributed by atoms with Gasteiger partial charge in [0.1, 0.15) is 0 Å². The lowest BCUT2D eigenvalue weighted by atomic mass is 10.1. The minimum Gasteiger partial charge on any atom is -0.463 e. The van der Waals surface area contributed by atoms with Crippen molar-refractivity contribution in [3.63, 3.8) is 0 Å². The molecule has 7 aromatic carbocycles. The van der Waals surface area contributed by atoms with Gasteiger partial charge in [0.25, 0.3) is 0 Å². The Morgan fingerprint density at radius 2 is 0.435 bits per heavy atom. The second kappa shape index (κ2) is 40.1. The summed E-state index contributed by atoms with van der Waals surface area (Å²) in [6.07, 6.45) is 42.0. The van der Waals surface area contributed by atoms with Gasteiger partial charge in [-0.2, -0.15) is 0 Å². The van der Waals surface area contributed by atoms with E-state index in [4.69, 9.17) is 13.3 Å². The van der Waals surface area contributed by atoms with E-state index in [-0.39, 0.29) is 0 Å². The van der Waals surface area contributed by atoms with E-state index >= 15 is 0 Å². The molecule has 708 valence electrons. The smallest absolute Gasteiger partial charge is 0.150 e. The summed E-state index contributed by atoms with van der Waals surface area (Å²) in [5.74, 6) is 2.42. The van der Waals surface area contributed by atoms with Crippen LogP contribution >= 0.6 is 34.0 Å². The van der Waals surface area contributed by atoms with Gasteiger partial charge in [0.2, 0.25) is 0 Å². The van der Waals surface area contributed by atoms with Crippen molar-refractivity contribution in [2.75, 3.05) is 0 Å². The van der Waals surface area contributed by atoms with Crippen LogP contribution in [0.2, 0.25) is 0 Å². The predicted molar refractivity (Wildman–Crippen MR) is 598 cm³/mol. The Bertz CT molecular complexity index is 8090. The van der Waals surface area contributed by atoms with Crippen LogP contribution in [0.25, 0.3) is 196 Å². The summed E-state index contributed by atoms with van der Waals surface area (Å²) in [7, 11) is 0. The number of thiophene rings is 3. The summed E-state index contributed by atoms with van der Waals surface area (Å²) >= 11 is 5.30. The molecule has 0 amide bonds. The average Bonchev–Trinajstić information content (AvgIpc) is 1.68. The number of hydrogen-bond donors (Lipinski definition) is 2. The Kier molecular flexibility index (Phi) is 24.4. The average molecular weight is 1960 g/mol. The quantitative estimate of drug-likeness (QED) is 0.0625. The molecule has 1 aliphatic rings. The highest BCUT2D eigenvalue weighted by Crippen LogP contribution is 2.42. The van der Waals surface area contributed by atoms with Crippen molar-refractivity contribution >= 4 is 39.6 Å². The third kappa shape index (κ3) is 18.0. The van der Waals surface area contributed by atoms with Crippen LogP contribution in [0.15, 0.2) is 560 Å². The molecule has 0 unspecified atom stereocenters. The van der Waals surface area contributed by atoms with Crippen molar-refractivity contribution in [2.45, 2.75) is 6.42 Å². The van der Waals surface area contributed by atoms with E-state index in [0.29, 0.717) is 0 Å². The maximum atomic E-state index is 5.73. The van der Waals surface area contributed by atoms with Gasteiger partial charge >= 0.3 is 0 Å². The fraction of sp³-hybridized carbons (Fsp3) is 0.00787. The molecule has 0 saturated heterocycles. The molecule has 20 heterocycles. The summed E-state index contributed by atoms with van der Waals surface area (Å²) in [5, 5.41) is 6.40. The third-order valence-electron chi connectivity index (χ3n) is 26.6. The van der Waals surface area contributed by atoms with Crippen LogP contribution < -0.4 is 0 Å². The molecule has 0 aliphatic heterocycles. The normalized spacial score (nSPS) is 11.7. The molecule has 20 aromatic heterocycles. The second-order valence-corrected chi connectivity index (χ2v) is 38.3. The van der Waals surface area contributed by atoms with Gasteiger partial charge in [-0.25, -0.2) is 0 Å². The van der Waals surface area contributed by atoms with E-state index in [9.17, 15) is 0 Å². The number of hydrogen-bond acceptors (Lipinski definition) is 6. The maximum Gasteiger partial charge on any atom is 0.150 e. The molecule has 0 radical (unpaired) electrons. The second-order valence-electron chi connectivity index (χ2n) is 35.4. The van der Waals surface area contributed by atoms with Gasteiger partial charge in [-0.05, 0) is 342 Å². The van der Waals surface area contributed by atoms with Crippen LogP contribution in [0.1, 0.15) is 12.1 Å². The zero-order chi connectivity index (χ0) is 97.7. The first-order valence-corrected chi connectivity index (χ1v) is 51.3. The standard InChI is InChI=1S/C36H27N3.C31H25N5.C30H21N3O3.C30H21N3S3/c1-4-13-28(14-5-1)34-19-10-22-37(34)31-25-32(38-23-11-20-35(38)29-15-6-2-7-16-29)27-33(26-31)39-24-12-21-36(39)30-17-8-3-9-18-30;1-2-9-23(8-1)29-12-5-17-34(29)24-20-25(35-18-6-13-30(35)27-10-3-15-32-27)22-26(21-24)36-19-7-14-31(36)28-11-4-16-33-28;2*1-7-25(28-10-4-16-34-28)31(13-1)22-19-23(32-14-2-8-26(32)29-11-5-17-35-29)21-24(20-22)33-15-3-9-27(33)30-12-6-18-36-30/h1-27H;1-8,10-22,32-33H,9H2;2*1-21H. The van der Waals surface area contributed by atoms with Gasteiger partial charge in [0.05, 0.1) is 107 Å². The van der Waals surface area contributed by atoms with Gasteiger partial charge in [0.15, 0.2) is 17.3 Å². The van der Waals surface area contributed by atoms with Crippen LogP contribution in [0, 0.1) is 0 Å². The van der Waals surface area contributed by atoms with Crippen LogP contribution in [0.5, 0.6) is 0 Å². The summed E-state index contributed by atoms with van der Waals surface area (Å²) in [6, 6.07) is 142. The summed E-state index contributed by atoms with van der Waals surface area (Å²) in [6.45, 7) is 0. The zero-order valence-electron chi connectivity index (χ0n) is 79.5. The Balaban J connectivity index is 0.000000102. The summed E-state index contributed by atoms with van der Waals surface area (Å²) in [4.78, 5) is 10.5. The largest absolute Gasteiger partial charge is 0.463 e. The first-order chi connectivity index (χ1) is 72.9. The van der Waals surface area contributed by atoms with Crippen LogP contribution in [0.4, 0.5) is 0 Å². The number of H-pyrrole nitrogens is 2. The van der Waals surface area contributed by atoms with E-state index in [1.807, 2.05) is 97.7 Å². The number of rotatable bonds is 24. The van der Waals surface area contributed by atoms with Crippen molar-refractivity contribution in [3.8, 4) is 191 Å². The van der Waals surface area contributed by atoms with Gasteiger partial charge in [0, 0.05) is 161 Å². The number of furan rings is 3. The van der Waals surface area contributed by atoms with Crippen molar-refractivity contribution in [2.24, 2.45) is 0 Å². The molecule has 0 saturated carbocycles. The lowest BCUT2D eigenvalue weighted by Crippen LogP contribution is -2.05. The predicted octanol–water partition coefficient (Wildman–Crippen LogP) is 33.5. The summed E-state index contributed by atoms with van der Waals surface area (Å²) < 4.78 is 44.1. The van der Waals surface area contributed by atoms with Crippen molar-refractivity contribution in [3.05, 3.63) is 552 Å². The first kappa shape index (κ1) is 89.2. The fourth-order valence-corrected chi connectivity index (χ4v) is 22.1. The summed E-state index contributed by atoms with van der Waals surface area (Å²) in [5.41, 5.74) is 33.5. The SMILES string of the molecule is C1=CCC(c2cccn2-c2cc(-n3cccc3-c3ccc[nH]3)cc(-n3cccc3-c3ccc[nH]3)c2)=C1.c1ccc(-c2cccn2-c2cc(-n3cccc3-c3ccccc3)cc(-n3cccc3-c3ccccc3)c2)cc1.c1coc(-c2cccn2-c2cc(-n3cccc3-c3ccco3)cc(-n3cccc3-c3ccco3)c2)c1.c1csc(-c2cccn2-c2cc(-n3cccc3-c3cccs3)cc(-n3cccc3-c3cccs3)c2)c1. The molecular formula is C127H94N14O3S3. The number of nitrogens with zero attached hydrogens (tertiary/aromatic N) is 12. The molecule has 0 spiro atoms. The minimum absolute atomic E-state index is 0.807. The maximum absolute atomic E-state index is 5.73. The van der Waals surface area contributed by atoms with Crippen LogP contribution in [0.3, 0.4) is 0 Å². The lowest BCUT2D eigenvalue weighted by Gasteiger charge is -2.18. The molecule has 2 N–H and O–H groups in total. The molecule has 147 heavy (non-hydrogen) atoms. The molecule has 0 bridgehead atoms. The molecular weight excluding hydrogens is 1870 g/mol. The van der Waals surface area contributed by atoms with Crippen molar-refractivity contribution in [1.82, 2.24) is 64.8 Å². The highest BCUT2D eigenvalue weighted by atomic mass is 32.1. The molecule has 0 atom stereocenters. The van der Waals surface area contributed by atoms with Gasteiger partial charge in [-0.15, -0.1) is 34.0 Å². The van der Waals surface area contributed by atoms with Crippen molar-refractivity contribution < 1.29 is 13.3 Å². The minimum atomic E-state index is 0.807. The molecule has 0 fully saturated rings. The monoisotopic (exact) mass is 1960 g/mol. The van der Waals surface area contributed by atoms with Crippen molar-refractivity contribution in [1.29, 1.82) is 0 Å².